The summed E-state index contributed by atoms with van der Waals surface area (Å²) >= 11 is 1.61. The first kappa shape index (κ1) is 16.2. The number of rotatable bonds is 5. The first-order chi connectivity index (χ1) is 10.1. The van der Waals surface area contributed by atoms with E-state index in [1.807, 2.05) is 43.1 Å². The van der Waals surface area contributed by atoms with Crippen LogP contribution >= 0.6 is 11.8 Å². The predicted octanol–water partition coefficient (Wildman–Crippen LogP) is 2.39. The summed E-state index contributed by atoms with van der Waals surface area (Å²) in [6, 6.07) is 8.41. The highest BCUT2D eigenvalue weighted by molar-refractivity contribution is 8.00. The topological polar surface area (TPSA) is 41.6 Å². The summed E-state index contributed by atoms with van der Waals surface area (Å²) in [5.74, 6) is 1.08. The monoisotopic (exact) mass is 308 g/mol. The summed E-state index contributed by atoms with van der Waals surface area (Å²) in [5, 5.41) is 3.24. The second-order valence-electron chi connectivity index (χ2n) is 5.32. The molecule has 4 nitrogen and oxygen atoms in total. The molecule has 0 spiro atoms. The SMILES string of the molecule is CNC1CCN(C(=O)C(C)Sc2ccc(OC)cc2)CC1. The van der Waals surface area contributed by atoms with Gasteiger partial charge in [0.2, 0.25) is 5.91 Å². The van der Waals surface area contributed by atoms with Gasteiger partial charge in [-0.3, -0.25) is 4.79 Å². The lowest BCUT2D eigenvalue weighted by Crippen LogP contribution is -2.46. The Bertz CT molecular complexity index is 456. The standard InChI is InChI=1S/C16H24N2O2S/c1-12(21-15-6-4-14(20-3)5-7-15)16(19)18-10-8-13(17-2)9-11-18/h4-7,12-13,17H,8-11H2,1-3H3. The maximum atomic E-state index is 12.5. The maximum absolute atomic E-state index is 12.5. The van der Waals surface area contributed by atoms with Crippen LogP contribution in [0.15, 0.2) is 29.2 Å². The number of benzene rings is 1. The first-order valence-corrected chi connectivity index (χ1v) is 8.28. The van der Waals surface area contributed by atoms with E-state index in [1.165, 1.54) is 0 Å². The van der Waals surface area contributed by atoms with Gasteiger partial charge >= 0.3 is 0 Å². The predicted molar refractivity (Wildman–Crippen MR) is 87.0 cm³/mol. The molecule has 1 aliphatic rings. The Morgan fingerprint density at radius 3 is 2.48 bits per heavy atom. The first-order valence-electron chi connectivity index (χ1n) is 7.40. The van der Waals surface area contributed by atoms with Crippen molar-refractivity contribution in [2.45, 2.75) is 36.0 Å². The van der Waals surface area contributed by atoms with Crippen LogP contribution in [0.1, 0.15) is 19.8 Å². The average Bonchev–Trinajstić information content (AvgIpc) is 2.55. The second-order valence-corrected chi connectivity index (χ2v) is 6.74. The van der Waals surface area contributed by atoms with E-state index in [0.717, 1.165) is 36.6 Å². The van der Waals surface area contributed by atoms with E-state index in [4.69, 9.17) is 4.74 Å². The Kier molecular flexibility index (Phi) is 5.94. The molecule has 1 fully saturated rings. The van der Waals surface area contributed by atoms with Gasteiger partial charge in [-0.05, 0) is 51.1 Å². The zero-order valence-corrected chi connectivity index (χ0v) is 13.8. The second kappa shape index (κ2) is 7.71. The van der Waals surface area contributed by atoms with E-state index in [0.29, 0.717) is 6.04 Å². The van der Waals surface area contributed by atoms with Crippen LogP contribution in [-0.4, -0.2) is 49.3 Å². The smallest absolute Gasteiger partial charge is 0.235 e. The number of ether oxygens (including phenoxy) is 1. The van der Waals surface area contributed by atoms with Crippen molar-refractivity contribution in [3.8, 4) is 5.75 Å². The quantitative estimate of drug-likeness (QED) is 0.848. The molecule has 0 aromatic heterocycles. The van der Waals surface area contributed by atoms with Gasteiger partial charge in [-0.25, -0.2) is 0 Å². The number of methoxy groups -OCH3 is 1. The molecule has 0 bridgehead atoms. The van der Waals surface area contributed by atoms with Gasteiger partial charge in [-0.15, -0.1) is 11.8 Å². The average molecular weight is 308 g/mol. The minimum absolute atomic E-state index is 0.0514. The molecule has 1 unspecified atom stereocenters. The molecule has 1 aromatic carbocycles. The summed E-state index contributed by atoms with van der Waals surface area (Å²) in [6.07, 6.45) is 2.09. The van der Waals surface area contributed by atoms with E-state index in [-0.39, 0.29) is 11.2 Å². The fraction of sp³-hybridized carbons (Fsp3) is 0.562. The zero-order chi connectivity index (χ0) is 15.2. The molecule has 0 aliphatic carbocycles. The lowest BCUT2D eigenvalue weighted by Gasteiger charge is -2.33. The normalized spacial score (nSPS) is 17.6. The van der Waals surface area contributed by atoms with Gasteiger partial charge in [0.1, 0.15) is 5.75 Å². The van der Waals surface area contributed by atoms with Gasteiger partial charge < -0.3 is 15.0 Å². The largest absolute Gasteiger partial charge is 0.497 e. The summed E-state index contributed by atoms with van der Waals surface area (Å²) in [6.45, 7) is 3.71. The third-order valence-corrected chi connectivity index (χ3v) is 5.03. The van der Waals surface area contributed by atoms with E-state index in [1.54, 1.807) is 18.9 Å². The van der Waals surface area contributed by atoms with Gasteiger partial charge in [-0.1, -0.05) is 0 Å². The van der Waals surface area contributed by atoms with Crippen LogP contribution in [0, 0.1) is 0 Å². The highest BCUT2D eigenvalue weighted by Crippen LogP contribution is 2.27. The highest BCUT2D eigenvalue weighted by atomic mass is 32.2. The number of carbonyl (C=O) groups excluding carboxylic acids is 1. The van der Waals surface area contributed by atoms with Gasteiger partial charge in [-0.2, -0.15) is 0 Å². The van der Waals surface area contributed by atoms with Crippen molar-refractivity contribution < 1.29 is 9.53 Å². The van der Waals surface area contributed by atoms with E-state index < -0.39 is 0 Å². The number of carbonyl (C=O) groups is 1. The van der Waals surface area contributed by atoms with Crippen LogP contribution in [0.25, 0.3) is 0 Å². The molecule has 1 saturated heterocycles. The van der Waals surface area contributed by atoms with Crippen molar-refractivity contribution in [2.75, 3.05) is 27.2 Å². The van der Waals surface area contributed by atoms with Gasteiger partial charge in [0.05, 0.1) is 12.4 Å². The Balaban J connectivity index is 1.87. The summed E-state index contributed by atoms with van der Waals surface area (Å²) in [7, 11) is 3.65. The lowest BCUT2D eigenvalue weighted by atomic mass is 10.1. The molecule has 1 heterocycles. The van der Waals surface area contributed by atoms with Crippen LogP contribution in [0.4, 0.5) is 0 Å². The summed E-state index contributed by atoms with van der Waals surface area (Å²) in [4.78, 5) is 15.6. The third kappa shape index (κ3) is 4.38. The molecule has 5 heteroatoms. The summed E-state index contributed by atoms with van der Waals surface area (Å²) < 4.78 is 5.15. The van der Waals surface area contributed by atoms with E-state index in [2.05, 4.69) is 5.32 Å². The van der Waals surface area contributed by atoms with Crippen molar-refractivity contribution in [1.82, 2.24) is 10.2 Å². The van der Waals surface area contributed by atoms with Crippen LogP contribution in [0.3, 0.4) is 0 Å². The lowest BCUT2D eigenvalue weighted by molar-refractivity contribution is -0.131. The Morgan fingerprint density at radius 1 is 1.33 bits per heavy atom. The third-order valence-electron chi connectivity index (χ3n) is 3.93. The van der Waals surface area contributed by atoms with Crippen molar-refractivity contribution in [1.29, 1.82) is 0 Å². The fourth-order valence-corrected chi connectivity index (χ4v) is 3.51. The molecule has 1 N–H and O–H groups in total. The molecule has 116 valence electrons. The molecule has 1 atom stereocenters. The van der Waals surface area contributed by atoms with Crippen molar-refractivity contribution in [3.05, 3.63) is 24.3 Å². The number of thioether (sulfide) groups is 1. The van der Waals surface area contributed by atoms with Crippen LogP contribution in [-0.2, 0) is 4.79 Å². The Morgan fingerprint density at radius 2 is 1.95 bits per heavy atom. The molecule has 2 rings (SSSR count). The number of amides is 1. The minimum atomic E-state index is -0.0514. The molecule has 1 aliphatic heterocycles. The number of likely N-dealkylation sites (tertiary alicyclic amines) is 1. The summed E-state index contributed by atoms with van der Waals surface area (Å²) in [5.41, 5.74) is 0. The number of nitrogens with one attached hydrogen (secondary N) is 1. The molecule has 21 heavy (non-hydrogen) atoms. The van der Waals surface area contributed by atoms with Crippen molar-refractivity contribution >= 4 is 17.7 Å². The van der Waals surface area contributed by atoms with Gasteiger partial charge in [0.25, 0.3) is 0 Å². The van der Waals surface area contributed by atoms with Crippen LogP contribution in [0.5, 0.6) is 5.75 Å². The molecule has 0 saturated carbocycles. The maximum Gasteiger partial charge on any atom is 0.235 e. The minimum Gasteiger partial charge on any atom is -0.497 e. The van der Waals surface area contributed by atoms with Crippen LogP contribution < -0.4 is 10.1 Å². The highest BCUT2D eigenvalue weighted by Gasteiger charge is 2.25. The Hall–Kier alpha value is -1.20. The Labute approximate surface area is 131 Å². The number of piperidine rings is 1. The molecule has 1 aromatic rings. The molecular formula is C16H24N2O2S. The van der Waals surface area contributed by atoms with Crippen molar-refractivity contribution in [2.24, 2.45) is 0 Å². The van der Waals surface area contributed by atoms with Gasteiger partial charge in [0.15, 0.2) is 0 Å². The molecule has 0 radical (unpaired) electrons. The fourth-order valence-electron chi connectivity index (χ4n) is 2.55. The van der Waals surface area contributed by atoms with Gasteiger partial charge in [0, 0.05) is 24.0 Å². The number of nitrogens with zero attached hydrogens (tertiary/aromatic N) is 1. The van der Waals surface area contributed by atoms with E-state index >= 15 is 0 Å². The number of hydrogen-bond donors (Lipinski definition) is 1. The van der Waals surface area contributed by atoms with E-state index in [9.17, 15) is 4.79 Å². The van der Waals surface area contributed by atoms with Crippen LogP contribution in [0.2, 0.25) is 0 Å². The molecule has 1 amide bonds. The zero-order valence-electron chi connectivity index (χ0n) is 13.0. The molecular weight excluding hydrogens is 284 g/mol. The number of hydrogen-bond acceptors (Lipinski definition) is 4. The van der Waals surface area contributed by atoms with Crippen molar-refractivity contribution in [3.63, 3.8) is 0 Å².